The lowest BCUT2D eigenvalue weighted by Crippen LogP contribution is -2.42. The van der Waals surface area contributed by atoms with Crippen LogP contribution in [0.1, 0.15) is 23.1 Å². The Balaban J connectivity index is 1.70. The molecule has 0 radical (unpaired) electrons. The number of carbonyl (C=O) groups excluding carboxylic acids is 2. The molecule has 0 aliphatic carbocycles. The first-order chi connectivity index (χ1) is 13.2. The number of carbonyl (C=O) groups is 2. The van der Waals surface area contributed by atoms with Gasteiger partial charge in [-0.05, 0) is 23.3 Å². The number of nitrogens with one attached hydrogen (secondary N) is 2. The van der Waals surface area contributed by atoms with Crippen LogP contribution in [0.4, 0.5) is 10.5 Å². The second-order valence-corrected chi connectivity index (χ2v) is 6.39. The highest BCUT2D eigenvalue weighted by Crippen LogP contribution is 2.39. The molecule has 0 saturated carbocycles. The van der Waals surface area contributed by atoms with Gasteiger partial charge in [-0.2, -0.15) is 0 Å². The molecule has 3 aromatic rings. The minimum Gasteiger partial charge on any atom is -0.306 e. The molecule has 5 heteroatoms. The van der Waals surface area contributed by atoms with Gasteiger partial charge in [0.25, 0.3) is 0 Å². The van der Waals surface area contributed by atoms with Gasteiger partial charge in [-0.15, -0.1) is 0 Å². The number of rotatable bonds is 3. The molecule has 1 saturated heterocycles. The summed E-state index contributed by atoms with van der Waals surface area (Å²) in [6.07, 6.45) is 0. The Morgan fingerprint density at radius 1 is 0.778 bits per heavy atom. The van der Waals surface area contributed by atoms with Crippen LogP contribution in [0.3, 0.4) is 0 Å². The molecule has 2 N–H and O–H groups in total. The third-order valence-electron chi connectivity index (χ3n) is 4.65. The minimum absolute atomic E-state index is 0.196. The third kappa shape index (κ3) is 3.40. The molecule has 1 heterocycles. The summed E-state index contributed by atoms with van der Waals surface area (Å²) in [6.45, 7) is 0. The lowest BCUT2D eigenvalue weighted by atomic mass is 9.87. The zero-order valence-corrected chi connectivity index (χ0v) is 14.6. The number of hydrogen-bond acceptors (Lipinski definition) is 2. The van der Waals surface area contributed by atoms with Crippen LogP contribution in [0.2, 0.25) is 0 Å². The molecule has 134 valence electrons. The van der Waals surface area contributed by atoms with Gasteiger partial charge in [0, 0.05) is 5.69 Å². The first kappa shape index (κ1) is 16.8. The minimum atomic E-state index is -0.477. The Kier molecular flexibility index (Phi) is 4.58. The lowest BCUT2D eigenvalue weighted by Gasteiger charge is -2.26. The van der Waals surface area contributed by atoms with Gasteiger partial charge in [-0.25, -0.2) is 9.80 Å². The predicted octanol–water partition coefficient (Wildman–Crippen LogP) is 4.09. The van der Waals surface area contributed by atoms with Gasteiger partial charge in [0.05, 0.1) is 12.0 Å². The van der Waals surface area contributed by atoms with Crippen molar-refractivity contribution in [2.24, 2.45) is 0 Å². The van der Waals surface area contributed by atoms with Crippen LogP contribution in [-0.4, -0.2) is 16.9 Å². The van der Waals surface area contributed by atoms with Gasteiger partial charge in [-0.3, -0.25) is 10.2 Å². The van der Waals surface area contributed by atoms with Crippen LogP contribution >= 0.6 is 0 Å². The Labute approximate surface area is 157 Å². The smallest absolute Gasteiger partial charge is 0.306 e. The summed E-state index contributed by atoms with van der Waals surface area (Å²) in [4.78, 5) is 25.7. The van der Waals surface area contributed by atoms with Crippen LogP contribution in [0, 0.1) is 0 Å². The molecule has 0 bridgehead atoms. The molecule has 4 rings (SSSR count). The van der Waals surface area contributed by atoms with E-state index in [-0.39, 0.29) is 11.9 Å². The summed E-state index contributed by atoms with van der Waals surface area (Å²) < 4.78 is 0. The molecular weight excluding hydrogens is 338 g/mol. The van der Waals surface area contributed by atoms with E-state index in [0.29, 0.717) is 5.69 Å². The van der Waals surface area contributed by atoms with Crippen molar-refractivity contribution in [3.05, 3.63) is 102 Å². The van der Waals surface area contributed by atoms with E-state index in [1.54, 1.807) is 0 Å². The SMILES string of the molecule is O=C1NN(C(=O)Nc2ccccc2)[C@H](c2ccccc2)[C@H]1c1ccccc1. The summed E-state index contributed by atoms with van der Waals surface area (Å²) in [5, 5.41) is 4.24. The first-order valence-corrected chi connectivity index (χ1v) is 8.80. The van der Waals surface area contributed by atoms with Crippen LogP contribution in [0.15, 0.2) is 91.0 Å². The van der Waals surface area contributed by atoms with Crippen molar-refractivity contribution in [2.45, 2.75) is 12.0 Å². The summed E-state index contributed by atoms with van der Waals surface area (Å²) in [5.41, 5.74) is 5.20. The highest BCUT2D eigenvalue weighted by atomic mass is 16.2. The number of anilines is 1. The van der Waals surface area contributed by atoms with E-state index in [2.05, 4.69) is 10.7 Å². The highest BCUT2D eigenvalue weighted by molar-refractivity contribution is 5.96. The predicted molar refractivity (Wildman–Crippen MR) is 104 cm³/mol. The summed E-state index contributed by atoms with van der Waals surface area (Å²) in [5.74, 6) is -0.673. The fourth-order valence-electron chi connectivity index (χ4n) is 3.42. The van der Waals surface area contributed by atoms with Crippen LogP contribution in [-0.2, 0) is 4.79 Å². The number of hydrogen-bond donors (Lipinski definition) is 2. The zero-order valence-electron chi connectivity index (χ0n) is 14.6. The molecule has 1 aliphatic heterocycles. The van der Waals surface area contributed by atoms with E-state index >= 15 is 0 Å². The number of benzene rings is 3. The summed E-state index contributed by atoms with van der Waals surface area (Å²) >= 11 is 0. The van der Waals surface area contributed by atoms with Gasteiger partial charge in [0.1, 0.15) is 0 Å². The fourth-order valence-corrected chi connectivity index (χ4v) is 3.42. The second kappa shape index (κ2) is 7.33. The molecule has 0 aromatic heterocycles. The number of amides is 3. The average Bonchev–Trinajstić information content (AvgIpc) is 3.07. The van der Waals surface area contributed by atoms with E-state index in [1.807, 2.05) is 91.0 Å². The van der Waals surface area contributed by atoms with Crippen molar-refractivity contribution < 1.29 is 9.59 Å². The molecule has 3 aromatic carbocycles. The molecule has 0 unspecified atom stereocenters. The van der Waals surface area contributed by atoms with Crippen molar-refractivity contribution in [1.29, 1.82) is 0 Å². The Morgan fingerprint density at radius 3 is 1.89 bits per heavy atom. The van der Waals surface area contributed by atoms with E-state index in [0.717, 1.165) is 11.1 Å². The maximum Gasteiger partial charge on any atom is 0.341 e. The van der Waals surface area contributed by atoms with Crippen LogP contribution in [0.5, 0.6) is 0 Å². The fraction of sp³-hybridized carbons (Fsp3) is 0.0909. The maximum absolute atomic E-state index is 12.9. The standard InChI is InChI=1S/C22H19N3O2/c26-21-19(16-10-4-1-5-11-16)20(17-12-6-2-7-13-17)25(24-21)22(27)23-18-14-8-3-9-15-18/h1-15,19-20H,(H,23,27)(H,24,26)/t19-,20-/m1/s1. The number of urea groups is 1. The number of nitrogens with zero attached hydrogens (tertiary/aromatic N) is 1. The largest absolute Gasteiger partial charge is 0.341 e. The van der Waals surface area contributed by atoms with Crippen molar-refractivity contribution in [1.82, 2.24) is 10.4 Å². The van der Waals surface area contributed by atoms with Crippen molar-refractivity contribution in [2.75, 3.05) is 5.32 Å². The second-order valence-electron chi connectivity index (χ2n) is 6.39. The number of para-hydroxylation sites is 1. The number of hydrazine groups is 1. The van der Waals surface area contributed by atoms with Crippen LogP contribution < -0.4 is 10.7 Å². The lowest BCUT2D eigenvalue weighted by molar-refractivity contribution is -0.121. The molecule has 27 heavy (non-hydrogen) atoms. The van der Waals surface area contributed by atoms with Crippen molar-refractivity contribution in [3.63, 3.8) is 0 Å². The van der Waals surface area contributed by atoms with Gasteiger partial charge in [0.2, 0.25) is 5.91 Å². The van der Waals surface area contributed by atoms with Crippen LogP contribution in [0.25, 0.3) is 0 Å². The van der Waals surface area contributed by atoms with Gasteiger partial charge in [0.15, 0.2) is 0 Å². The monoisotopic (exact) mass is 357 g/mol. The highest BCUT2D eigenvalue weighted by Gasteiger charge is 2.45. The van der Waals surface area contributed by atoms with E-state index < -0.39 is 12.0 Å². The summed E-state index contributed by atoms with van der Waals surface area (Å²) in [7, 11) is 0. The van der Waals surface area contributed by atoms with Crippen molar-refractivity contribution >= 4 is 17.6 Å². The molecule has 3 amide bonds. The quantitative estimate of drug-likeness (QED) is 0.742. The third-order valence-corrected chi connectivity index (χ3v) is 4.65. The average molecular weight is 357 g/mol. The molecule has 5 nitrogen and oxygen atoms in total. The van der Waals surface area contributed by atoms with E-state index in [9.17, 15) is 9.59 Å². The normalized spacial score (nSPS) is 18.8. The topological polar surface area (TPSA) is 61.4 Å². The van der Waals surface area contributed by atoms with E-state index in [4.69, 9.17) is 0 Å². The maximum atomic E-state index is 12.9. The Bertz CT molecular complexity index is 930. The molecule has 2 atom stereocenters. The van der Waals surface area contributed by atoms with Crippen molar-refractivity contribution in [3.8, 4) is 0 Å². The molecular formula is C22H19N3O2. The Morgan fingerprint density at radius 2 is 1.30 bits per heavy atom. The van der Waals surface area contributed by atoms with Gasteiger partial charge >= 0.3 is 6.03 Å². The Hall–Kier alpha value is -3.60. The van der Waals surface area contributed by atoms with E-state index in [1.165, 1.54) is 5.01 Å². The summed E-state index contributed by atoms with van der Waals surface area (Å²) in [6, 6.07) is 27.5. The van der Waals surface area contributed by atoms with Gasteiger partial charge in [-0.1, -0.05) is 78.9 Å². The molecule has 1 aliphatic rings. The van der Waals surface area contributed by atoms with Gasteiger partial charge < -0.3 is 5.32 Å². The molecule has 0 spiro atoms. The molecule has 1 fully saturated rings. The zero-order chi connectivity index (χ0) is 18.6. The first-order valence-electron chi connectivity index (χ1n) is 8.80.